The second kappa shape index (κ2) is 5.49. The summed E-state index contributed by atoms with van der Waals surface area (Å²) in [6.45, 7) is 0. The molecular weight excluding hydrogens is 168 g/mol. The van der Waals surface area contributed by atoms with Crippen molar-refractivity contribution in [2.24, 2.45) is 5.73 Å². The molecule has 0 saturated carbocycles. The van der Waals surface area contributed by atoms with Crippen LogP contribution >= 0.6 is 11.6 Å². The number of hydrogen-bond donors (Lipinski definition) is 2. The first-order valence-electron chi connectivity index (χ1n) is 2.71. The summed E-state index contributed by atoms with van der Waals surface area (Å²) >= 11 is 4.41. The fourth-order valence-corrected chi connectivity index (χ4v) is 0.377. The van der Waals surface area contributed by atoms with Gasteiger partial charge in [0.05, 0.1) is 0 Å². The number of nitrogens with two attached hydrogens (primary N) is 1. The molecule has 0 saturated heterocycles. The van der Waals surface area contributed by atoms with Crippen LogP contribution in [0.3, 0.4) is 0 Å². The van der Waals surface area contributed by atoms with Crippen molar-refractivity contribution in [3.8, 4) is 0 Å². The summed E-state index contributed by atoms with van der Waals surface area (Å²) in [5, 5.41) is -0.861. The molecule has 60 valence electrons. The van der Waals surface area contributed by atoms with Crippen molar-refractivity contribution in [3.05, 3.63) is 34.7 Å². The number of halogens is 1. The van der Waals surface area contributed by atoms with Crippen LogP contribution in [-0.4, -0.2) is 10.4 Å². The average Bonchev–Trinajstić information content (AvgIpc) is 1.87. The van der Waals surface area contributed by atoms with E-state index in [0.717, 1.165) is 0 Å². The Balaban J connectivity index is 0.000000218. The Kier molecular flexibility index (Phi) is 4.85. The Morgan fingerprint density at radius 1 is 1.55 bits per heavy atom. The molecule has 0 spiro atoms. The molecule has 0 fully saturated rings. The summed E-state index contributed by atoms with van der Waals surface area (Å²) in [4.78, 5) is 21.7. The number of aromatic amines is 1. The van der Waals surface area contributed by atoms with E-state index in [9.17, 15) is 4.79 Å². The van der Waals surface area contributed by atoms with Gasteiger partial charge in [0.15, 0.2) is 0 Å². The van der Waals surface area contributed by atoms with Gasteiger partial charge in [0.2, 0.25) is 5.56 Å². The lowest BCUT2D eigenvalue weighted by atomic mass is 10.5. The van der Waals surface area contributed by atoms with Crippen LogP contribution < -0.4 is 11.3 Å². The summed E-state index contributed by atoms with van der Waals surface area (Å²) in [5.74, 6) is 0. The van der Waals surface area contributed by atoms with Gasteiger partial charge >= 0.3 is 5.37 Å². The first-order chi connectivity index (χ1) is 5.13. The van der Waals surface area contributed by atoms with E-state index in [1.54, 1.807) is 18.3 Å². The van der Waals surface area contributed by atoms with Crippen LogP contribution in [0.1, 0.15) is 0 Å². The van der Waals surface area contributed by atoms with Crippen LogP contribution in [-0.2, 0) is 0 Å². The molecule has 3 N–H and O–H groups in total. The molecule has 1 heterocycles. The number of carbonyl (C=O) groups excluding carboxylic acids is 1. The van der Waals surface area contributed by atoms with E-state index < -0.39 is 5.37 Å². The van der Waals surface area contributed by atoms with E-state index in [1.807, 2.05) is 0 Å². The van der Waals surface area contributed by atoms with E-state index in [2.05, 4.69) is 22.3 Å². The fraction of sp³-hybridized carbons (Fsp3) is 0. The van der Waals surface area contributed by atoms with Crippen LogP contribution in [0.2, 0.25) is 0 Å². The normalized spacial score (nSPS) is 7.73. The molecule has 4 nitrogen and oxygen atoms in total. The van der Waals surface area contributed by atoms with Crippen LogP contribution in [0.5, 0.6) is 0 Å². The van der Waals surface area contributed by atoms with Gasteiger partial charge in [0.1, 0.15) is 0 Å². The lowest BCUT2D eigenvalue weighted by molar-refractivity contribution is 0.266. The molecule has 11 heavy (non-hydrogen) atoms. The number of aromatic nitrogens is 1. The minimum Gasteiger partial charge on any atom is -0.356 e. The Morgan fingerprint density at radius 2 is 2.09 bits per heavy atom. The topological polar surface area (TPSA) is 76.0 Å². The van der Waals surface area contributed by atoms with E-state index in [1.165, 1.54) is 6.07 Å². The molecule has 1 rings (SSSR count). The van der Waals surface area contributed by atoms with Crippen LogP contribution in [0, 0.1) is 0 Å². The molecule has 0 aliphatic carbocycles. The molecule has 1 amide bonds. The van der Waals surface area contributed by atoms with Crippen molar-refractivity contribution >= 4 is 17.0 Å². The summed E-state index contributed by atoms with van der Waals surface area (Å²) in [7, 11) is 0. The third kappa shape index (κ3) is 8.71. The number of primary amides is 1. The first kappa shape index (κ1) is 9.71. The maximum absolute atomic E-state index is 10.2. The number of H-pyrrole nitrogens is 1. The summed E-state index contributed by atoms with van der Waals surface area (Å²) < 4.78 is 0. The second-order valence-electron chi connectivity index (χ2n) is 1.53. The zero-order chi connectivity index (χ0) is 8.69. The number of nitrogens with one attached hydrogen (secondary N) is 1. The maximum Gasteiger partial charge on any atom is 0.311 e. The number of hydrogen-bond acceptors (Lipinski definition) is 2. The van der Waals surface area contributed by atoms with Gasteiger partial charge in [-0.25, -0.2) is 0 Å². The van der Waals surface area contributed by atoms with Crippen molar-refractivity contribution in [1.29, 1.82) is 0 Å². The molecule has 0 bridgehead atoms. The zero-order valence-electron chi connectivity index (χ0n) is 5.58. The van der Waals surface area contributed by atoms with Crippen LogP contribution in [0.25, 0.3) is 0 Å². The van der Waals surface area contributed by atoms with Crippen molar-refractivity contribution in [3.63, 3.8) is 0 Å². The highest BCUT2D eigenvalue weighted by Crippen LogP contribution is 1.67. The standard InChI is InChI=1S/C5H5NO.CH2ClNO/c7-5-3-1-2-4-6-5;2-1(3)4/h1-4H,(H,6,7);(H2,3,4). The summed E-state index contributed by atoms with van der Waals surface area (Å²) in [6.07, 6.45) is 1.60. The highest BCUT2D eigenvalue weighted by atomic mass is 35.5. The lowest BCUT2D eigenvalue weighted by Gasteiger charge is -1.73. The van der Waals surface area contributed by atoms with Crippen LogP contribution in [0.15, 0.2) is 29.2 Å². The van der Waals surface area contributed by atoms with Crippen LogP contribution in [0.4, 0.5) is 4.79 Å². The molecule has 0 aromatic carbocycles. The molecule has 0 atom stereocenters. The monoisotopic (exact) mass is 174 g/mol. The van der Waals surface area contributed by atoms with Crippen molar-refractivity contribution in [2.45, 2.75) is 0 Å². The van der Waals surface area contributed by atoms with Gasteiger partial charge in [-0.2, -0.15) is 0 Å². The smallest absolute Gasteiger partial charge is 0.311 e. The minimum atomic E-state index is -0.861. The molecule has 0 aliphatic heterocycles. The van der Waals surface area contributed by atoms with Gasteiger partial charge in [-0.1, -0.05) is 6.07 Å². The number of amides is 1. The number of pyridine rings is 1. The van der Waals surface area contributed by atoms with E-state index in [0.29, 0.717) is 0 Å². The molecule has 0 radical (unpaired) electrons. The quantitative estimate of drug-likeness (QED) is 0.448. The van der Waals surface area contributed by atoms with E-state index in [-0.39, 0.29) is 5.56 Å². The Labute approximate surface area is 68.0 Å². The number of carbonyl (C=O) groups is 1. The Morgan fingerprint density at radius 3 is 2.27 bits per heavy atom. The molecule has 0 unspecified atom stereocenters. The second-order valence-corrected chi connectivity index (χ2v) is 1.90. The molecule has 0 aliphatic rings. The van der Waals surface area contributed by atoms with Crippen molar-refractivity contribution in [2.75, 3.05) is 0 Å². The predicted octanol–water partition coefficient (Wildman–Crippen LogP) is 0.679. The summed E-state index contributed by atoms with van der Waals surface area (Å²) in [6, 6.07) is 4.93. The fourth-order valence-electron chi connectivity index (χ4n) is 0.377. The number of rotatable bonds is 0. The SMILES string of the molecule is NC(=O)Cl.O=c1cccc[nH]1. The third-order valence-electron chi connectivity index (χ3n) is 0.681. The molecule has 5 heteroatoms. The maximum atomic E-state index is 10.2. The molecule has 1 aromatic heterocycles. The highest BCUT2D eigenvalue weighted by Gasteiger charge is 1.69. The van der Waals surface area contributed by atoms with Crippen molar-refractivity contribution in [1.82, 2.24) is 4.98 Å². The Bertz CT molecular complexity index is 250. The van der Waals surface area contributed by atoms with Gasteiger partial charge in [-0.05, 0) is 17.7 Å². The largest absolute Gasteiger partial charge is 0.356 e. The first-order valence-corrected chi connectivity index (χ1v) is 3.09. The average molecular weight is 175 g/mol. The lowest BCUT2D eigenvalue weighted by Crippen LogP contribution is -1.98. The van der Waals surface area contributed by atoms with E-state index >= 15 is 0 Å². The van der Waals surface area contributed by atoms with Gasteiger partial charge in [0, 0.05) is 12.3 Å². The minimum absolute atomic E-state index is 0.0532. The predicted molar refractivity (Wildman–Crippen MR) is 42.5 cm³/mol. The highest BCUT2D eigenvalue weighted by molar-refractivity contribution is 6.62. The third-order valence-corrected chi connectivity index (χ3v) is 0.681. The van der Waals surface area contributed by atoms with Gasteiger partial charge in [-0.3, -0.25) is 9.59 Å². The molecular formula is C6H7ClN2O2. The van der Waals surface area contributed by atoms with Gasteiger partial charge in [0.25, 0.3) is 0 Å². The molecule has 1 aromatic rings. The van der Waals surface area contributed by atoms with E-state index in [4.69, 9.17) is 4.79 Å². The summed E-state index contributed by atoms with van der Waals surface area (Å²) in [5.41, 5.74) is 4.18. The zero-order valence-corrected chi connectivity index (χ0v) is 6.34. The van der Waals surface area contributed by atoms with Gasteiger partial charge < -0.3 is 10.7 Å². The van der Waals surface area contributed by atoms with Gasteiger partial charge in [-0.15, -0.1) is 0 Å². The van der Waals surface area contributed by atoms with Crippen molar-refractivity contribution < 1.29 is 4.79 Å². The Hall–Kier alpha value is -1.29.